The standard InChI is InChI=1S/C18H20N6O2S/c1-3-5-15-23-24-18(27-15)17(26)21-14-7-4-6-12(8-14)16(25)19-9-13-10-20-22-11(13)2/h4,6-8,10H,3,5,9H2,1-2H3,(H,19,25)(H,20,22)(H,21,26). The molecule has 0 bridgehead atoms. The molecule has 0 saturated heterocycles. The van der Waals surface area contributed by atoms with Crippen molar-refractivity contribution in [1.29, 1.82) is 0 Å². The molecule has 0 fully saturated rings. The molecule has 140 valence electrons. The summed E-state index contributed by atoms with van der Waals surface area (Å²) in [6.45, 7) is 4.32. The van der Waals surface area contributed by atoms with Gasteiger partial charge in [0.2, 0.25) is 5.01 Å². The lowest BCUT2D eigenvalue weighted by Crippen LogP contribution is -2.23. The Morgan fingerprint density at radius 3 is 2.81 bits per heavy atom. The number of hydrogen-bond donors (Lipinski definition) is 3. The third-order valence-corrected chi connectivity index (χ3v) is 4.86. The Kier molecular flexibility index (Phi) is 5.92. The number of aromatic nitrogens is 4. The number of hydrogen-bond acceptors (Lipinski definition) is 6. The number of rotatable bonds is 7. The fraction of sp³-hybridized carbons (Fsp3) is 0.278. The Bertz CT molecular complexity index is 949. The van der Waals surface area contributed by atoms with E-state index < -0.39 is 0 Å². The molecule has 0 radical (unpaired) electrons. The summed E-state index contributed by atoms with van der Waals surface area (Å²) in [6.07, 6.45) is 3.43. The maximum Gasteiger partial charge on any atom is 0.286 e. The van der Waals surface area contributed by atoms with Gasteiger partial charge in [0.05, 0.1) is 6.20 Å². The lowest BCUT2D eigenvalue weighted by atomic mass is 10.1. The first-order chi connectivity index (χ1) is 13.1. The second kappa shape index (κ2) is 8.54. The predicted octanol–water partition coefficient (Wildman–Crippen LogP) is 2.70. The van der Waals surface area contributed by atoms with Crippen molar-refractivity contribution in [3.63, 3.8) is 0 Å². The van der Waals surface area contributed by atoms with Crippen molar-refractivity contribution >= 4 is 28.8 Å². The number of anilines is 1. The highest BCUT2D eigenvalue weighted by atomic mass is 32.1. The first-order valence-electron chi connectivity index (χ1n) is 8.57. The number of nitrogens with zero attached hydrogens (tertiary/aromatic N) is 3. The minimum absolute atomic E-state index is 0.229. The number of carbonyl (C=O) groups is 2. The molecular weight excluding hydrogens is 364 g/mol. The van der Waals surface area contributed by atoms with E-state index in [4.69, 9.17) is 0 Å². The zero-order chi connectivity index (χ0) is 19.2. The summed E-state index contributed by atoms with van der Waals surface area (Å²) in [6, 6.07) is 6.76. The lowest BCUT2D eigenvalue weighted by molar-refractivity contribution is 0.0949. The Labute approximate surface area is 160 Å². The van der Waals surface area contributed by atoms with Gasteiger partial charge in [-0.05, 0) is 31.5 Å². The van der Waals surface area contributed by atoms with Crippen LogP contribution in [0, 0.1) is 6.92 Å². The van der Waals surface area contributed by atoms with Gasteiger partial charge >= 0.3 is 0 Å². The number of aryl methyl sites for hydroxylation is 2. The maximum absolute atomic E-state index is 12.4. The highest BCUT2D eigenvalue weighted by molar-refractivity contribution is 7.13. The van der Waals surface area contributed by atoms with E-state index in [9.17, 15) is 9.59 Å². The molecule has 0 saturated carbocycles. The summed E-state index contributed by atoms with van der Waals surface area (Å²) in [7, 11) is 0. The van der Waals surface area contributed by atoms with Gasteiger partial charge in [-0.1, -0.05) is 24.3 Å². The molecule has 1 aromatic carbocycles. The van der Waals surface area contributed by atoms with Gasteiger partial charge in [0.1, 0.15) is 5.01 Å². The van der Waals surface area contributed by atoms with Gasteiger partial charge < -0.3 is 10.6 Å². The van der Waals surface area contributed by atoms with E-state index in [0.717, 1.165) is 29.1 Å². The van der Waals surface area contributed by atoms with E-state index in [1.54, 1.807) is 30.5 Å². The van der Waals surface area contributed by atoms with Gasteiger partial charge in [-0.3, -0.25) is 14.7 Å². The van der Waals surface area contributed by atoms with Crippen molar-refractivity contribution in [3.8, 4) is 0 Å². The van der Waals surface area contributed by atoms with Crippen LogP contribution < -0.4 is 10.6 Å². The van der Waals surface area contributed by atoms with Crippen LogP contribution in [-0.2, 0) is 13.0 Å². The summed E-state index contributed by atoms with van der Waals surface area (Å²) < 4.78 is 0. The van der Waals surface area contributed by atoms with E-state index >= 15 is 0 Å². The normalized spacial score (nSPS) is 10.6. The van der Waals surface area contributed by atoms with Crippen molar-refractivity contribution in [2.75, 3.05) is 5.32 Å². The Hall–Kier alpha value is -3.07. The van der Waals surface area contributed by atoms with E-state index in [0.29, 0.717) is 22.8 Å². The van der Waals surface area contributed by atoms with Crippen molar-refractivity contribution in [2.45, 2.75) is 33.2 Å². The minimum Gasteiger partial charge on any atom is -0.348 e. The molecular formula is C18H20N6O2S. The average Bonchev–Trinajstić information content (AvgIpc) is 3.29. The summed E-state index contributed by atoms with van der Waals surface area (Å²) in [5.41, 5.74) is 2.82. The van der Waals surface area contributed by atoms with E-state index in [-0.39, 0.29) is 11.8 Å². The van der Waals surface area contributed by atoms with Crippen molar-refractivity contribution < 1.29 is 9.59 Å². The molecule has 0 aliphatic carbocycles. The summed E-state index contributed by atoms with van der Waals surface area (Å²) in [5, 5.41) is 21.4. The molecule has 0 spiro atoms. The predicted molar refractivity (Wildman–Crippen MR) is 103 cm³/mol. The van der Waals surface area contributed by atoms with Crippen LogP contribution in [0.2, 0.25) is 0 Å². The van der Waals surface area contributed by atoms with Gasteiger partial charge in [0.25, 0.3) is 11.8 Å². The third-order valence-electron chi connectivity index (χ3n) is 3.88. The molecule has 3 N–H and O–H groups in total. The molecule has 0 aliphatic rings. The number of carbonyl (C=O) groups excluding carboxylic acids is 2. The van der Waals surface area contributed by atoms with E-state index in [1.165, 1.54) is 11.3 Å². The molecule has 2 aromatic heterocycles. The topological polar surface area (TPSA) is 113 Å². The van der Waals surface area contributed by atoms with E-state index in [2.05, 4.69) is 31.0 Å². The summed E-state index contributed by atoms with van der Waals surface area (Å²) in [4.78, 5) is 24.7. The minimum atomic E-state index is -0.332. The summed E-state index contributed by atoms with van der Waals surface area (Å²) in [5.74, 6) is -0.561. The molecule has 8 nitrogen and oxygen atoms in total. The second-order valence-electron chi connectivity index (χ2n) is 5.99. The number of H-pyrrole nitrogens is 1. The molecule has 0 aliphatic heterocycles. The monoisotopic (exact) mass is 384 g/mol. The highest BCUT2D eigenvalue weighted by Crippen LogP contribution is 2.16. The molecule has 9 heteroatoms. The van der Waals surface area contributed by atoms with E-state index in [1.807, 2.05) is 13.8 Å². The molecule has 3 aromatic rings. The van der Waals surface area contributed by atoms with Gasteiger partial charge in [-0.2, -0.15) is 5.10 Å². The van der Waals surface area contributed by atoms with Gasteiger partial charge in [0, 0.05) is 35.5 Å². The lowest BCUT2D eigenvalue weighted by Gasteiger charge is -2.07. The quantitative estimate of drug-likeness (QED) is 0.580. The molecule has 27 heavy (non-hydrogen) atoms. The number of nitrogens with one attached hydrogen (secondary N) is 3. The Morgan fingerprint density at radius 1 is 1.22 bits per heavy atom. The SMILES string of the molecule is CCCc1nnc(C(=O)Nc2cccc(C(=O)NCc3cn[nH]c3C)c2)s1. The Morgan fingerprint density at radius 2 is 2.07 bits per heavy atom. The van der Waals surface area contributed by atoms with Crippen LogP contribution >= 0.6 is 11.3 Å². The molecule has 2 heterocycles. The zero-order valence-corrected chi connectivity index (χ0v) is 15.9. The van der Waals surface area contributed by atoms with Crippen LogP contribution in [0.15, 0.2) is 30.5 Å². The fourth-order valence-corrected chi connectivity index (χ4v) is 3.25. The maximum atomic E-state index is 12.4. The molecule has 3 rings (SSSR count). The van der Waals surface area contributed by atoms with Crippen LogP contribution in [-0.4, -0.2) is 32.2 Å². The van der Waals surface area contributed by atoms with Crippen LogP contribution in [0.5, 0.6) is 0 Å². The smallest absolute Gasteiger partial charge is 0.286 e. The van der Waals surface area contributed by atoms with Gasteiger partial charge in [0.15, 0.2) is 0 Å². The Balaban J connectivity index is 1.63. The molecule has 0 unspecified atom stereocenters. The van der Waals surface area contributed by atoms with Crippen LogP contribution in [0.25, 0.3) is 0 Å². The van der Waals surface area contributed by atoms with Crippen molar-refractivity contribution in [3.05, 3.63) is 57.3 Å². The van der Waals surface area contributed by atoms with Crippen LogP contribution in [0.1, 0.15) is 49.8 Å². The van der Waals surface area contributed by atoms with Gasteiger partial charge in [-0.25, -0.2) is 0 Å². The highest BCUT2D eigenvalue weighted by Gasteiger charge is 2.14. The number of amides is 2. The first kappa shape index (κ1) is 18.7. The first-order valence-corrected chi connectivity index (χ1v) is 9.39. The third kappa shape index (κ3) is 4.76. The number of benzene rings is 1. The van der Waals surface area contributed by atoms with Crippen LogP contribution in [0.4, 0.5) is 5.69 Å². The number of aromatic amines is 1. The molecule has 2 amide bonds. The largest absolute Gasteiger partial charge is 0.348 e. The summed E-state index contributed by atoms with van der Waals surface area (Å²) >= 11 is 1.28. The van der Waals surface area contributed by atoms with Gasteiger partial charge in [-0.15, -0.1) is 10.2 Å². The second-order valence-corrected chi connectivity index (χ2v) is 7.05. The average molecular weight is 384 g/mol. The zero-order valence-electron chi connectivity index (χ0n) is 15.1. The van der Waals surface area contributed by atoms with Crippen LogP contribution in [0.3, 0.4) is 0 Å². The van der Waals surface area contributed by atoms with Crippen molar-refractivity contribution in [2.24, 2.45) is 0 Å². The van der Waals surface area contributed by atoms with Crippen molar-refractivity contribution in [1.82, 2.24) is 25.7 Å². The molecule has 0 atom stereocenters. The fourth-order valence-electron chi connectivity index (χ4n) is 2.41.